The molecule has 0 bridgehead atoms. The molecule has 0 heterocycles. The molecule has 0 aliphatic heterocycles. The average molecular weight is 281 g/mol. The molecule has 21 heavy (non-hydrogen) atoms. The highest BCUT2D eigenvalue weighted by atomic mass is 16.5. The summed E-state index contributed by atoms with van der Waals surface area (Å²) >= 11 is 0. The molecule has 106 valence electrons. The summed E-state index contributed by atoms with van der Waals surface area (Å²) < 4.78 is 4.63. The fourth-order valence-electron chi connectivity index (χ4n) is 2.53. The lowest BCUT2D eigenvalue weighted by atomic mass is 9.77. The molecule has 4 heteroatoms. The molecule has 0 radical (unpaired) electrons. The van der Waals surface area contributed by atoms with Gasteiger partial charge < -0.3 is 10.1 Å². The maximum atomic E-state index is 12.2. The topological polar surface area (TPSA) is 55.4 Å². The molecule has 0 fully saturated rings. The van der Waals surface area contributed by atoms with Crippen LogP contribution in [0.2, 0.25) is 0 Å². The van der Waals surface area contributed by atoms with E-state index in [2.05, 4.69) is 10.1 Å². The van der Waals surface area contributed by atoms with Gasteiger partial charge in [0.1, 0.15) is 0 Å². The van der Waals surface area contributed by atoms with Crippen molar-refractivity contribution >= 4 is 17.6 Å². The third kappa shape index (κ3) is 2.52. The normalized spacial score (nSPS) is 15.6. The summed E-state index contributed by atoms with van der Waals surface area (Å²) in [6.07, 6.45) is 0.780. The summed E-state index contributed by atoms with van der Waals surface area (Å²) in [4.78, 5) is 23.6. The monoisotopic (exact) mass is 281 g/mol. The number of nitrogens with one attached hydrogen (secondary N) is 1. The number of benzene rings is 2. The van der Waals surface area contributed by atoms with Gasteiger partial charge in [0, 0.05) is 5.69 Å². The molecule has 1 aliphatic rings. The molecule has 1 unspecified atom stereocenters. The van der Waals surface area contributed by atoms with E-state index in [9.17, 15) is 9.59 Å². The molecule has 1 amide bonds. The molecule has 1 aliphatic carbocycles. The maximum Gasteiger partial charge on any atom is 0.337 e. The number of carbonyl (C=O) groups is 2. The molecular weight excluding hydrogens is 266 g/mol. The largest absolute Gasteiger partial charge is 0.465 e. The SMILES string of the molecule is COC(=O)c1ccc(NC(=O)C2Cc3ccccc32)cc1. The van der Waals surface area contributed by atoms with E-state index in [-0.39, 0.29) is 17.8 Å². The zero-order valence-corrected chi connectivity index (χ0v) is 11.6. The van der Waals surface area contributed by atoms with Crippen LogP contribution in [0.15, 0.2) is 48.5 Å². The highest BCUT2D eigenvalue weighted by Crippen LogP contribution is 2.35. The Hall–Kier alpha value is -2.62. The van der Waals surface area contributed by atoms with E-state index in [1.165, 1.54) is 12.7 Å². The lowest BCUT2D eigenvalue weighted by molar-refractivity contribution is -0.118. The van der Waals surface area contributed by atoms with Crippen LogP contribution in [-0.4, -0.2) is 19.0 Å². The van der Waals surface area contributed by atoms with Gasteiger partial charge in [-0.05, 0) is 41.8 Å². The van der Waals surface area contributed by atoms with Crippen LogP contribution in [0.3, 0.4) is 0 Å². The molecule has 0 spiro atoms. The van der Waals surface area contributed by atoms with E-state index in [1.807, 2.05) is 24.3 Å². The fraction of sp³-hybridized carbons (Fsp3) is 0.176. The van der Waals surface area contributed by atoms with Crippen molar-refractivity contribution in [3.63, 3.8) is 0 Å². The summed E-state index contributed by atoms with van der Waals surface area (Å²) in [6.45, 7) is 0. The Labute approximate surface area is 122 Å². The minimum atomic E-state index is -0.388. The number of hydrogen-bond acceptors (Lipinski definition) is 3. The molecular formula is C17H15NO3. The first-order valence-electron chi connectivity index (χ1n) is 6.76. The summed E-state index contributed by atoms with van der Waals surface area (Å²) in [6, 6.07) is 14.6. The van der Waals surface area contributed by atoms with Gasteiger partial charge >= 0.3 is 5.97 Å². The first-order valence-corrected chi connectivity index (χ1v) is 6.76. The van der Waals surface area contributed by atoms with E-state index < -0.39 is 0 Å². The Bertz CT molecular complexity index is 691. The van der Waals surface area contributed by atoms with Crippen molar-refractivity contribution in [1.82, 2.24) is 0 Å². The van der Waals surface area contributed by atoms with Gasteiger partial charge in [0.15, 0.2) is 0 Å². The van der Waals surface area contributed by atoms with Gasteiger partial charge in [0.25, 0.3) is 0 Å². The van der Waals surface area contributed by atoms with Crippen molar-refractivity contribution in [1.29, 1.82) is 0 Å². The summed E-state index contributed by atoms with van der Waals surface area (Å²) in [5.41, 5.74) is 3.47. The smallest absolute Gasteiger partial charge is 0.337 e. The Morgan fingerprint density at radius 3 is 2.48 bits per heavy atom. The van der Waals surface area contributed by atoms with Crippen LogP contribution >= 0.6 is 0 Å². The molecule has 1 atom stereocenters. The first kappa shape index (κ1) is 13.4. The van der Waals surface area contributed by atoms with Crippen LogP contribution in [-0.2, 0) is 16.0 Å². The highest BCUT2D eigenvalue weighted by Gasteiger charge is 2.31. The molecule has 2 aromatic rings. The molecule has 0 aromatic heterocycles. The van der Waals surface area contributed by atoms with Gasteiger partial charge in [-0.25, -0.2) is 4.79 Å². The van der Waals surface area contributed by atoms with E-state index in [1.54, 1.807) is 24.3 Å². The molecule has 0 saturated carbocycles. The Balaban J connectivity index is 1.68. The van der Waals surface area contributed by atoms with Crippen molar-refractivity contribution in [3.05, 3.63) is 65.2 Å². The van der Waals surface area contributed by atoms with Gasteiger partial charge in [-0.1, -0.05) is 24.3 Å². The van der Waals surface area contributed by atoms with Crippen molar-refractivity contribution in [3.8, 4) is 0 Å². The minimum absolute atomic E-state index is 0.0143. The second-order valence-corrected chi connectivity index (χ2v) is 5.01. The molecule has 2 aromatic carbocycles. The lowest BCUT2D eigenvalue weighted by Crippen LogP contribution is -2.30. The van der Waals surface area contributed by atoms with Crippen LogP contribution in [0.5, 0.6) is 0 Å². The van der Waals surface area contributed by atoms with E-state index in [0.717, 1.165) is 12.0 Å². The minimum Gasteiger partial charge on any atom is -0.465 e. The maximum absolute atomic E-state index is 12.2. The summed E-state index contributed by atoms with van der Waals surface area (Å²) in [5, 5.41) is 2.88. The first-order chi connectivity index (χ1) is 10.2. The van der Waals surface area contributed by atoms with E-state index in [0.29, 0.717) is 11.3 Å². The summed E-state index contributed by atoms with van der Waals surface area (Å²) in [7, 11) is 1.34. The van der Waals surface area contributed by atoms with Gasteiger partial charge in [-0.3, -0.25) is 4.79 Å². The number of amides is 1. The third-order valence-electron chi connectivity index (χ3n) is 3.74. The van der Waals surface area contributed by atoms with Crippen molar-refractivity contribution < 1.29 is 14.3 Å². The summed E-state index contributed by atoms with van der Waals surface area (Å²) in [5.74, 6) is -0.484. The molecule has 4 nitrogen and oxygen atoms in total. The second kappa shape index (κ2) is 5.40. The third-order valence-corrected chi connectivity index (χ3v) is 3.74. The number of fused-ring (bicyclic) bond motifs is 1. The lowest BCUT2D eigenvalue weighted by Gasteiger charge is -2.28. The van der Waals surface area contributed by atoms with Crippen LogP contribution in [0, 0.1) is 0 Å². The predicted octanol–water partition coefficient (Wildman–Crippen LogP) is 2.75. The van der Waals surface area contributed by atoms with Crippen LogP contribution in [0.4, 0.5) is 5.69 Å². The van der Waals surface area contributed by atoms with Crippen LogP contribution < -0.4 is 5.32 Å². The van der Waals surface area contributed by atoms with E-state index in [4.69, 9.17) is 0 Å². The van der Waals surface area contributed by atoms with Crippen LogP contribution in [0.25, 0.3) is 0 Å². The van der Waals surface area contributed by atoms with Crippen LogP contribution in [0.1, 0.15) is 27.4 Å². The van der Waals surface area contributed by atoms with E-state index >= 15 is 0 Å². The number of methoxy groups -OCH3 is 1. The Morgan fingerprint density at radius 1 is 1.10 bits per heavy atom. The Kier molecular flexibility index (Phi) is 3.44. The highest BCUT2D eigenvalue weighted by molar-refractivity contribution is 5.98. The molecule has 0 saturated heterocycles. The average Bonchev–Trinajstić information content (AvgIpc) is 2.48. The number of anilines is 1. The second-order valence-electron chi connectivity index (χ2n) is 5.01. The number of esters is 1. The number of hydrogen-bond donors (Lipinski definition) is 1. The van der Waals surface area contributed by atoms with Crippen molar-refractivity contribution in [2.75, 3.05) is 12.4 Å². The zero-order valence-electron chi connectivity index (χ0n) is 11.6. The molecule has 3 rings (SSSR count). The predicted molar refractivity (Wildman–Crippen MR) is 79.3 cm³/mol. The standard InChI is InChI=1S/C17H15NO3/c1-21-17(20)11-6-8-13(9-7-11)18-16(19)15-10-12-4-2-3-5-14(12)15/h2-9,15H,10H2,1H3,(H,18,19). The number of rotatable bonds is 3. The fourth-order valence-corrected chi connectivity index (χ4v) is 2.53. The quantitative estimate of drug-likeness (QED) is 0.880. The van der Waals surface area contributed by atoms with Crippen molar-refractivity contribution in [2.24, 2.45) is 0 Å². The van der Waals surface area contributed by atoms with Gasteiger partial charge in [0.2, 0.25) is 5.91 Å². The van der Waals surface area contributed by atoms with Crippen molar-refractivity contribution in [2.45, 2.75) is 12.3 Å². The number of ether oxygens (including phenoxy) is 1. The zero-order chi connectivity index (χ0) is 14.8. The Morgan fingerprint density at radius 2 is 1.81 bits per heavy atom. The van der Waals surface area contributed by atoms with Gasteiger partial charge in [-0.2, -0.15) is 0 Å². The number of carbonyl (C=O) groups excluding carboxylic acids is 2. The van der Waals surface area contributed by atoms with Gasteiger partial charge in [-0.15, -0.1) is 0 Å². The molecule has 1 N–H and O–H groups in total. The van der Waals surface area contributed by atoms with Gasteiger partial charge in [0.05, 0.1) is 18.6 Å².